The molecular formula is C23H26ClN5O2. The molecule has 1 fully saturated rings. The Kier molecular flexibility index (Phi) is 5.80. The second kappa shape index (κ2) is 8.86. The number of carbonyl (C=O) groups excluding carboxylic acids is 1. The van der Waals surface area contributed by atoms with E-state index < -0.39 is 0 Å². The molecule has 0 unspecified atom stereocenters. The number of halogens is 1. The van der Waals surface area contributed by atoms with E-state index in [9.17, 15) is 4.79 Å². The van der Waals surface area contributed by atoms with Crippen LogP contribution in [0.1, 0.15) is 16.2 Å². The third-order valence-corrected chi connectivity index (χ3v) is 6.27. The average molecular weight is 440 g/mol. The number of hydrogen-bond donors (Lipinski definition) is 1. The van der Waals surface area contributed by atoms with Gasteiger partial charge >= 0.3 is 0 Å². The third kappa shape index (κ3) is 4.39. The third-order valence-electron chi connectivity index (χ3n) is 6.04. The van der Waals surface area contributed by atoms with Gasteiger partial charge in [-0.15, -0.1) is 0 Å². The molecule has 0 aliphatic carbocycles. The number of carbonyl (C=O) groups is 1. The van der Waals surface area contributed by atoms with Crippen LogP contribution in [0.15, 0.2) is 42.5 Å². The van der Waals surface area contributed by atoms with Crippen LogP contribution in [-0.4, -0.2) is 66.2 Å². The first kappa shape index (κ1) is 20.3. The molecule has 0 atom stereocenters. The Labute approximate surface area is 186 Å². The Morgan fingerprint density at radius 2 is 1.97 bits per heavy atom. The van der Waals surface area contributed by atoms with Gasteiger partial charge in [0, 0.05) is 62.1 Å². The maximum atomic E-state index is 12.6. The predicted octanol–water partition coefficient (Wildman–Crippen LogP) is 2.77. The van der Waals surface area contributed by atoms with Crippen molar-refractivity contribution in [3.8, 4) is 0 Å². The van der Waals surface area contributed by atoms with E-state index in [4.69, 9.17) is 16.3 Å². The molecule has 3 heterocycles. The molecule has 2 aromatic carbocycles. The highest BCUT2D eigenvalue weighted by Crippen LogP contribution is 2.22. The molecule has 2 aliphatic rings. The number of benzene rings is 2. The monoisotopic (exact) mass is 439 g/mol. The topological polar surface area (TPSA) is 62.6 Å². The van der Waals surface area contributed by atoms with Crippen LogP contribution in [0.25, 0.3) is 11.0 Å². The standard InChI is InChI=1S/C23H26ClN5O2/c24-18-2-1-3-19(15-18)28-10-8-27(9-11-28)7-6-25-23(30)17-4-5-21-20(14-17)26-22-16-31-13-12-29(21)22/h1-5,14-15H,6-13,16H2,(H,25,30). The molecule has 31 heavy (non-hydrogen) atoms. The molecule has 0 spiro atoms. The Morgan fingerprint density at radius 3 is 2.81 bits per heavy atom. The maximum absolute atomic E-state index is 12.6. The second-order valence-corrected chi connectivity index (χ2v) is 8.44. The lowest BCUT2D eigenvalue weighted by atomic mass is 10.2. The molecule has 8 heteroatoms. The van der Waals surface area contributed by atoms with Gasteiger partial charge in [-0.05, 0) is 36.4 Å². The zero-order valence-corrected chi connectivity index (χ0v) is 18.1. The molecule has 7 nitrogen and oxygen atoms in total. The minimum Gasteiger partial charge on any atom is -0.372 e. The minimum atomic E-state index is -0.0540. The van der Waals surface area contributed by atoms with Crippen molar-refractivity contribution in [3.63, 3.8) is 0 Å². The Hall–Kier alpha value is -2.61. The van der Waals surface area contributed by atoms with Gasteiger partial charge in [-0.25, -0.2) is 4.98 Å². The Balaban J connectivity index is 1.12. The smallest absolute Gasteiger partial charge is 0.251 e. The van der Waals surface area contributed by atoms with Crippen LogP contribution in [0.2, 0.25) is 5.02 Å². The van der Waals surface area contributed by atoms with E-state index in [0.717, 1.165) is 61.1 Å². The highest BCUT2D eigenvalue weighted by atomic mass is 35.5. The van der Waals surface area contributed by atoms with Crippen LogP contribution in [0, 0.1) is 0 Å². The summed E-state index contributed by atoms with van der Waals surface area (Å²) in [5.41, 5.74) is 3.73. The van der Waals surface area contributed by atoms with E-state index in [-0.39, 0.29) is 5.91 Å². The summed E-state index contributed by atoms with van der Waals surface area (Å²) < 4.78 is 7.64. The van der Waals surface area contributed by atoms with Gasteiger partial charge in [-0.3, -0.25) is 9.69 Å². The summed E-state index contributed by atoms with van der Waals surface area (Å²) in [5, 5.41) is 3.82. The first-order valence-corrected chi connectivity index (χ1v) is 11.1. The van der Waals surface area contributed by atoms with Gasteiger partial charge in [0.05, 0.1) is 17.6 Å². The van der Waals surface area contributed by atoms with Crippen molar-refractivity contribution >= 4 is 34.2 Å². The first-order valence-electron chi connectivity index (χ1n) is 10.8. The number of aromatic nitrogens is 2. The number of piperazine rings is 1. The minimum absolute atomic E-state index is 0.0540. The Bertz CT molecular complexity index is 1090. The molecule has 0 bridgehead atoms. The van der Waals surface area contributed by atoms with Crippen molar-refractivity contribution in [2.75, 3.05) is 50.8 Å². The van der Waals surface area contributed by atoms with Crippen LogP contribution in [0.3, 0.4) is 0 Å². The van der Waals surface area contributed by atoms with E-state index in [1.807, 2.05) is 36.4 Å². The van der Waals surface area contributed by atoms with Gasteiger partial charge in [0.2, 0.25) is 0 Å². The van der Waals surface area contributed by atoms with Crippen molar-refractivity contribution < 1.29 is 9.53 Å². The Morgan fingerprint density at radius 1 is 1.10 bits per heavy atom. The van der Waals surface area contributed by atoms with Crippen molar-refractivity contribution in [3.05, 3.63) is 58.9 Å². The molecule has 0 radical (unpaired) electrons. The number of anilines is 1. The van der Waals surface area contributed by atoms with Crippen LogP contribution < -0.4 is 10.2 Å². The largest absolute Gasteiger partial charge is 0.372 e. The number of amides is 1. The van der Waals surface area contributed by atoms with E-state index in [0.29, 0.717) is 25.3 Å². The summed E-state index contributed by atoms with van der Waals surface area (Å²) in [6.45, 7) is 7.36. The predicted molar refractivity (Wildman–Crippen MR) is 122 cm³/mol. The van der Waals surface area contributed by atoms with Crippen molar-refractivity contribution in [1.29, 1.82) is 0 Å². The lowest BCUT2D eigenvalue weighted by Crippen LogP contribution is -2.48. The number of nitrogens with zero attached hydrogens (tertiary/aromatic N) is 4. The zero-order chi connectivity index (χ0) is 21.2. The summed E-state index contributed by atoms with van der Waals surface area (Å²) in [4.78, 5) is 22.0. The fourth-order valence-corrected chi connectivity index (χ4v) is 4.52. The number of hydrogen-bond acceptors (Lipinski definition) is 5. The summed E-state index contributed by atoms with van der Waals surface area (Å²) in [6, 6.07) is 13.7. The van der Waals surface area contributed by atoms with Crippen LogP contribution in [-0.2, 0) is 17.9 Å². The lowest BCUT2D eigenvalue weighted by Gasteiger charge is -2.36. The summed E-state index contributed by atoms with van der Waals surface area (Å²) in [5.74, 6) is 0.873. The normalized spacial score (nSPS) is 17.0. The van der Waals surface area contributed by atoms with Crippen molar-refractivity contribution in [2.45, 2.75) is 13.2 Å². The van der Waals surface area contributed by atoms with Gasteiger partial charge in [0.1, 0.15) is 12.4 Å². The van der Waals surface area contributed by atoms with Crippen LogP contribution >= 0.6 is 11.6 Å². The molecule has 1 N–H and O–H groups in total. The molecule has 162 valence electrons. The number of nitrogens with one attached hydrogen (secondary N) is 1. The average Bonchev–Trinajstić information content (AvgIpc) is 3.17. The fraction of sp³-hybridized carbons (Fsp3) is 0.391. The van der Waals surface area contributed by atoms with Crippen molar-refractivity contribution in [1.82, 2.24) is 19.8 Å². The van der Waals surface area contributed by atoms with E-state index in [2.05, 4.69) is 30.7 Å². The molecule has 1 amide bonds. The summed E-state index contributed by atoms with van der Waals surface area (Å²) >= 11 is 6.11. The molecule has 1 saturated heterocycles. The number of imidazole rings is 1. The lowest BCUT2D eigenvalue weighted by molar-refractivity contribution is 0.0830. The first-order chi connectivity index (χ1) is 15.2. The fourth-order valence-electron chi connectivity index (χ4n) is 4.33. The highest BCUT2D eigenvalue weighted by molar-refractivity contribution is 6.30. The number of fused-ring (bicyclic) bond motifs is 3. The summed E-state index contributed by atoms with van der Waals surface area (Å²) in [6.07, 6.45) is 0. The number of ether oxygens (including phenoxy) is 1. The zero-order valence-electron chi connectivity index (χ0n) is 17.4. The van der Waals surface area contributed by atoms with Crippen LogP contribution in [0.4, 0.5) is 5.69 Å². The van der Waals surface area contributed by atoms with Crippen LogP contribution in [0.5, 0.6) is 0 Å². The molecule has 3 aromatic rings. The maximum Gasteiger partial charge on any atom is 0.251 e. The van der Waals surface area contributed by atoms with Crippen molar-refractivity contribution in [2.24, 2.45) is 0 Å². The SMILES string of the molecule is O=C(NCCN1CCN(c2cccc(Cl)c2)CC1)c1ccc2c(c1)nc1n2CCOC1. The van der Waals surface area contributed by atoms with E-state index in [1.165, 1.54) is 5.69 Å². The van der Waals surface area contributed by atoms with Gasteiger partial charge in [0.15, 0.2) is 0 Å². The van der Waals surface area contributed by atoms with E-state index in [1.54, 1.807) is 0 Å². The second-order valence-electron chi connectivity index (χ2n) is 8.00. The summed E-state index contributed by atoms with van der Waals surface area (Å²) in [7, 11) is 0. The van der Waals surface area contributed by atoms with Gasteiger partial charge in [-0.2, -0.15) is 0 Å². The van der Waals surface area contributed by atoms with Gasteiger partial charge < -0.3 is 19.5 Å². The molecule has 2 aliphatic heterocycles. The number of rotatable bonds is 5. The van der Waals surface area contributed by atoms with Gasteiger partial charge in [0.25, 0.3) is 5.91 Å². The van der Waals surface area contributed by atoms with Gasteiger partial charge in [-0.1, -0.05) is 17.7 Å². The molecule has 1 aromatic heterocycles. The van der Waals surface area contributed by atoms with E-state index >= 15 is 0 Å². The quantitative estimate of drug-likeness (QED) is 0.662. The molecule has 0 saturated carbocycles. The molecular weight excluding hydrogens is 414 g/mol. The highest BCUT2D eigenvalue weighted by Gasteiger charge is 2.18. The molecule has 5 rings (SSSR count).